The van der Waals surface area contributed by atoms with E-state index in [-0.39, 0.29) is 6.42 Å². The topological polar surface area (TPSA) is 55.4 Å². The van der Waals surface area contributed by atoms with Crippen LogP contribution in [0.15, 0.2) is 36.4 Å². The van der Waals surface area contributed by atoms with E-state index in [4.69, 9.17) is 4.74 Å². The molecule has 0 saturated carbocycles. The molecule has 0 aliphatic carbocycles. The van der Waals surface area contributed by atoms with Crippen LogP contribution in [0.4, 0.5) is 10.1 Å². The van der Waals surface area contributed by atoms with Crippen LogP contribution in [0.3, 0.4) is 0 Å². The van der Waals surface area contributed by atoms with Crippen LogP contribution in [0, 0.1) is 26.6 Å². The van der Waals surface area contributed by atoms with Crippen molar-refractivity contribution < 1.29 is 18.7 Å². The molecule has 2 aromatic rings. The van der Waals surface area contributed by atoms with Crippen LogP contribution >= 0.6 is 0 Å². The van der Waals surface area contributed by atoms with E-state index >= 15 is 0 Å². The van der Waals surface area contributed by atoms with Crippen molar-refractivity contribution in [3.8, 4) is 0 Å². The van der Waals surface area contributed by atoms with E-state index in [0.29, 0.717) is 11.3 Å². The molecule has 0 aliphatic heterocycles. The van der Waals surface area contributed by atoms with Crippen LogP contribution in [0.2, 0.25) is 0 Å². The number of carbonyl (C=O) groups excluding carboxylic acids is 2. The first-order chi connectivity index (χ1) is 11.8. The first-order valence-corrected chi connectivity index (χ1v) is 8.09. The number of nitrogens with one attached hydrogen (secondary N) is 1. The highest BCUT2D eigenvalue weighted by Gasteiger charge is 2.18. The Morgan fingerprint density at radius 1 is 1.04 bits per heavy atom. The van der Waals surface area contributed by atoms with Crippen LogP contribution in [0.5, 0.6) is 0 Å². The lowest BCUT2D eigenvalue weighted by atomic mass is 10.0. The number of carbonyl (C=O) groups is 2. The Balaban J connectivity index is 1.92. The van der Waals surface area contributed by atoms with Crippen LogP contribution in [0.1, 0.15) is 29.2 Å². The Morgan fingerprint density at radius 3 is 2.36 bits per heavy atom. The van der Waals surface area contributed by atoms with Crippen molar-refractivity contribution in [1.82, 2.24) is 0 Å². The predicted molar refractivity (Wildman–Crippen MR) is 94.9 cm³/mol. The molecule has 2 aromatic carbocycles. The zero-order chi connectivity index (χ0) is 18.6. The van der Waals surface area contributed by atoms with Gasteiger partial charge in [0.2, 0.25) is 0 Å². The molecular weight excluding hydrogens is 321 g/mol. The summed E-state index contributed by atoms with van der Waals surface area (Å²) in [5, 5.41) is 2.54. The predicted octanol–water partition coefficient (Wildman–Crippen LogP) is 3.86. The molecule has 0 aliphatic rings. The molecule has 0 fully saturated rings. The molecule has 0 radical (unpaired) electrons. The van der Waals surface area contributed by atoms with Gasteiger partial charge in [-0.15, -0.1) is 0 Å². The molecule has 25 heavy (non-hydrogen) atoms. The normalized spacial score (nSPS) is 11.7. The number of hydrogen-bond acceptors (Lipinski definition) is 3. The van der Waals surface area contributed by atoms with Crippen molar-refractivity contribution in [3.05, 3.63) is 64.5 Å². The number of benzene rings is 2. The molecule has 1 atom stereocenters. The number of anilines is 1. The second-order valence-electron chi connectivity index (χ2n) is 6.18. The molecule has 4 nitrogen and oxygen atoms in total. The standard InChI is InChI=1S/C20H22FNO3/c1-12-5-7-16(9-14(12)3)10-19(23)25-15(4)20(24)22-17-8-6-13(2)18(21)11-17/h5-9,11,15H,10H2,1-4H3,(H,22,24)/t15-/m1/s1. The molecule has 2 rings (SSSR count). The summed E-state index contributed by atoms with van der Waals surface area (Å²) < 4.78 is 18.7. The Morgan fingerprint density at radius 2 is 1.72 bits per heavy atom. The van der Waals surface area contributed by atoms with Gasteiger partial charge in [0, 0.05) is 5.69 Å². The highest BCUT2D eigenvalue weighted by Crippen LogP contribution is 2.15. The van der Waals surface area contributed by atoms with Crippen LogP contribution < -0.4 is 5.32 Å². The van der Waals surface area contributed by atoms with E-state index in [9.17, 15) is 14.0 Å². The highest BCUT2D eigenvalue weighted by atomic mass is 19.1. The Kier molecular flexibility index (Phi) is 5.91. The summed E-state index contributed by atoms with van der Waals surface area (Å²) in [6.45, 7) is 7.09. The minimum atomic E-state index is -0.969. The largest absolute Gasteiger partial charge is 0.452 e. The molecule has 132 valence electrons. The fourth-order valence-corrected chi connectivity index (χ4v) is 2.29. The number of hydrogen-bond donors (Lipinski definition) is 1. The molecule has 0 bridgehead atoms. The molecule has 1 amide bonds. The summed E-state index contributed by atoms with van der Waals surface area (Å²) in [6, 6.07) is 10.1. The minimum Gasteiger partial charge on any atom is -0.452 e. The van der Waals surface area contributed by atoms with E-state index in [1.54, 1.807) is 19.1 Å². The monoisotopic (exact) mass is 343 g/mol. The lowest BCUT2D eigenvalue weighted by Crippen LogP contribution is -2.30. The van der Waals surface area contributed by atoms with Crippen molar-refractivity contribution in [2.75, 3.05) is 5.32 Å². The van der Waals surface area contributed by atoms with Gasteiger partial charge in [0.15, 0.2) is 6.10 Å². The Bertz CT molecular complexity index is 802. The number of ether oxygens (including phenoxy) is 1. The number of rotatable bonds is 5. The lowest BCUT2D eigenvalue weighted by molar-refractivity contribution is -0.152. The summed E-state index contributed by atoms with van der Waals surface area (Å²) in [7, 11) is 0. The van der Waals surface area contributed by atoms with Crippen molar-refractivity contribution in [3.63, 3.8) is 0 Å². The van der Waals surface area contributed by atoms with Gasteiger partial charge in [0.05, 0.1) is 6.42 Å². The molecule has 1 N–H and O–H groups in total. The molecule has 0 unspecified atom stereocenters. The fourth-order valence-electron chi connectivity index (χ4n) is 2.29. The third kappa shape index (κ3) is 5.14. The zero-order valence-electron chi connectivity index (χ0n) is 14.9. The van der Waals surface area contributed by atoms with Crippen molar-refractivity contribution in [2.24, 2.45) is 0 Å². The summed E-state index contributed by atoms with van der Waals surface area (Å²) in [6.07, 6.45) is -0.874. The Labute approximate surface area is 147 Å². The third-order valence-electron chi connectivity index (χ3n) is 4.04. The second kappa shape index (κ2) is 7.92. The van der Waals surface area contributed by atoms with E-state index in [1.165, 1.54) is 13.0 Å². The average molecular weight is 343 g/mol. The summed E-state index contributed by atoms with van der Waals surface area (Å²) in [4.78, 5) is 24.1. The first kappa shape index (κ1) is 18.6. The molecule has 5 heteroatoms. The first-order valence-electron chi connectivity index (χ1n) is 8.09. The van der Waals surface area contributed by atoms with Gasteiger partial charge in [-0.2, -0.15) is 0 Å². The van der Waals surface area contributed by atoms with Gasteiger partial charge in [-0.1, -0.05) is 24.3 Å². The minimum absolute atomic E-state index is 0.0951. The fraction of sp³-hybridized carbons (Fsp3) is 0.300. The number of aryl methyl sites for hydroxylation is 3. The second-order valence-corrected chi connectivity index (χ2v) is 6.18. The van der Waals surface area contributed by atoms with Crippen molar-refractivity contribution in [1.29, 1.82) is 0 Å². The number of amides is 1. The maximum absolute atomic E-state index is 13.5. The Hall–Kier alpha value is -2.69. The van der Waals surface area contributed by atoms with Gasteiger partial charge in [-0.3, -0.25) is 9.59 Å². The highest BCUT2D eigenvalue weighted by molar-refractivity contribution is 5.95. The lowest BCUT2D eigenvalue weighted by Gasteiger charge is -2.14. The third-order valence-corrected chi connectivity index (χ3v) is 4.04. The van der Waals surface area contributed by atoms with Crippen molar-refractivity contribution >= 4 is 17.6 Å². The van der Waals surface area contributed by atoms with Gasteiger partial charge < -0.3 is 10.1 Å². The van der Waals surface area contributed by atoms with E-state index in [2.05, 4.69) is 5.32 Å². The maximum atomic E-state index is 13.5. The molecule has 0 spiro atoms. The SMILES string of the molecule is Cc1ccc(CC(=O)O[C@H](C)C(=O)Nc2ccc(C)c(F)c2)cc1C. The zero-order valence-corrected chi connectivity index (χ0v) is 14.9. The molecule has 0 heterocycles. The van der Waals surface area contributed by atoms with E-state index in [1.807, 2.05) is 32.0 Å². The van der Waals surface area contributed by atoms with Crippen LogP contribution in [-0.2, 0) is 20.7 Å². The van der Waals surface area contributed by atoms with Crippen LogP contribution in [-0.4, -0.2) is 18.0 Å². The number of halogens is 1. The molecule has 0 saturated heterocycles. The summed E-state index contributed by atoms with van der Waals surface area (Å²) in [5.74, 6) is -1.39. The number of esters is 1. The van der Waals surface area contributed by atoms with Gasteiger partial charge in [-0.05, 0) is 62.1 Å². The van der Waals surface area contributed by atoms with Crippen LogP contribution in [0.25, 0.3) is 0 Å². The molecule has 0 aromatic heterocycles. The molecular formula is C20H22FNO3. The summed E-state index contributed by atoms with van der Waals surface area (Å²) >= 11 is 0. The van der Waals surface area contributed by atoms with E-state index in [0.717, 1.165) is 16.7 Å². The maximum Gasteiger partial charge on any atom is 0.311 e. The summed E-state index contributed by atoms with van der Waals surface area (Å²) in [5.41, 5.74) is 3.89. The van der Waals surface area contributed by atoms with E-state index < -0.39 is 23.8 Å². The van der Waals surface area contributed by atoms with Gasteiger partial charge in [0.1, 0.15) is 5.82 Å². The van der Waals surface area contributed by atoms with Gasteiger partial charge in [0.25, 0.3) is 5.91 Å². The van der Waals surface area contributed by atoms with Gasteiger partial charge >= 0.3 is 5.97 Å². The average Bonchev–Trinajstić information content (AvgIpc) is 2.54. The smallest absolute Gasteiger partial charge is 0.311 e. The van der Waals surface area contributed by atoms with Crippen molar-refractivity contribution in [2.45, 2.75) is 40.2 Å². The quantitative estimate of drug-likeness (QED) is 0.839. The van der Waals surface area contributed by atoms with Gasteiger partial charge in [-0.25, -0.2) is 4.39 Å².